The SMILES string of the molecule is C=C(Cc1ccccc1)C(=O)OC.CCCO. The fraction of sp³-hybridized carbons (Fsp3) is 0.357. The summed E-state index contributed by atoms with van der Waals surface area (Å²) in [6, 6.07) is 9.70. The van der Waals surface area contributed by atoms with Crippen molar-refractivity contribution in [1.82, 2.24) is 0 Å². The number of aliphatic hydroxyl groups excluding tert-OH is 1. The number of carbonyl (C=O) groups excluding carboxylic acids is 1. The molecule has 1 aromatic rings. The van der Waals surface area contributed by atoms with Crippen molar-refractivity contribution in [3.63, 3.8) is 0 Å². The Hall–Kier alpha value is -1.61. The first-order valence-electron chi connectivity index (χ1n) is 5.56. The van der Waals surface area contributed by atoms with E-state index in [-0.39, 0.29) is 5.97 Å². The Balaban J connectivity index is 0.000000557. The van der Waals surface area contributed by atoms with Crippen LogP contribution in [0, 0.1) is 0 Å². The first-order valence-corrected chi connectivity index (χ1v) is 5.56. The maximum atomic E-state index is 11.0. The highest BCUT2D eigenvalue weighted by Crippen LogP contribution is 2.06. The van der Waals surface area contributed by atoms with E-state index in [0.29, 0.717) is 18.6 Å². The number of esters is 1. The summed E-state index contributed by atoms with van der Waals surface area (Å²) in [5, 5.41) is 7.88. The van der Waals surface area contributed by atoms with Gasteiger partial charge >= 0.3 is 5.97 Å². The van der Waals surface area contributed by atoms with E-state index in [1.807, 2.05) is 37.3 Å². The number of hydrogen-bond donors (Lipinski definition) is 1. The second kappa shape index (κ2) is 9.60. The van der Waals surface area contributed by atoms with E-state index in [4.69, 9.17) is 5.11 Å². The lowest BCUT2D eigenvalue weighted by atomic mass is 10.1. The topological polar surface area (TPSA) is 46.5 Å². The van der Waals surface area contributed by atoms with Crippen LogP contribution < -0.4 is 0 Å². The van der Waals surface area contributed by atoms with Crippen LogP contribution >= 0.6 is 0 Å². The standard InChI is InChI=1S/C11H12O2.C3H8O/c1-9(11(12)13-2)8-10-6-4-3-5-7-10;1-2-3-4/h3-7H,1,8H2,2H3;4H,2-3H2,1H3. The van der Waals surface area contributed by atoms with Crippen LogP contribution in [0.4, 0.5) is 0 Å². The first kappa shape index (κ1) is 15.4. The molecule has 0 aliphatic carbocycles. The fourth-order valence-corrected chi connectivity index (χ4v) is 1.06. The molecule has 1 N–H and O–H groups in total. The predicted molar refractivity (Wildman–Crippen MR) is 68.7 cm³/mol. The van der Waals surface area contributed by atoms with Crippen LogP contribution in [0.5, 0.6) is 0 Å². The summed E-state index contributed by atoms with van der Waals surface area (Å²) >= 11 is 0. The van der Waals surface area contributed by atoms with E-state index in [1.165, 1.54) is 7.11 Å². The van der Waals surface area contributed by atoms with Crippen molar-refractivity contribution in [1.29, 1.82) is 0 Å². The Kier molecular flexibility index (Phi) is 8.69. The molecule has 1 rings (SSSR count). The minimum absolute atomic E-state index is 0.319. The molecule has 0 aromatic heterocycles. The van der Waals surface area contributed by atoms with E-state index in [9.17, 15) is 4.79 Å². The van der Waals surface area contributed by atoms with Gasteiger partial charge in [-0.3, -0.25) is 0 Å². The molecular formula is C14H20O3. The summed E-state index contributed by atoms with van der Waals surface area (Å²) in [7, 11) is 1.36. The number of rotatable bonds is 4. The summed E-state index contributed by atoms with van der Waals surface area (Å²) in [6.07, 6.45) is 1.42. The molecule has 0 radical (unpaired) electrons. The lowest BCUT2D eigenvalue weighted by molar-refractivity contribution is -0.136. The van der Waals surface area contributed by atoms with Gasteiger partial charge in [-0.15, -0.1) is 0 Å². The normalized spacial score (nSPS) is 8.88. The fourth-order valence-electron chi connectivity index (χ4n) is 1.06. The van der Waals surface area contributed by atoms with Gasteiger partial charge in [0.1, 0.15) is 0 Å². The summed E-state index contributed by atoms with van der Waals surface area (Å²) < 4.78 is 4.55. The van der Waals surface area contributed by atoms with E-state index < -0.39 is 0 Å². The van der Waals surface area contributed by atoms with Crippen LogP contribution in [0.15, 0.2) is 42.5 Å². The minimum atomic E-state index is -0.344. The zero-order valence-electron chi connectivity index (χ0n) is 10.5. The molecule has 17 heavy (non-hydrogen) atoms. The summed E-state index contributed by atoms with van der Waals surface area (Å²) in [5.74, 6) is -0.344. The zero-order chi connectivity index (χ0) is 13.1. The van der Waals surface area contributed by atoms with Crippen molar-refractivity contribution in [2.24, 2.45) is 0 Å². The maximum Gasteiger partial charge on any atom is 0.333 e. The highest BCUT2D eigenvalue weighted by molar-refractivity contribution is 5.88. The van der Waals surface area contributed by atoms with Crippen molar-refractivity contribution in [3.8, 4) is 0 Å². The maximum absolute atomic E-state index is 11.0. The number of benzene rings is 1. The molecule has 3 heteroatoms. The molecule has 3 nitrogen and oxygen atoms in total. The van der Waals surface area contributed by atoms with Crippen molar-refractivity contribution in [2.75, 3.05) is 13.7 Å². The Morgan fingerprint density at radius 2 is 1.88 bits per heavy atom. The molecule has 0 amide bonds. The molecule has 0 aliphatic heterocycles. The monoisotopic (exact) mass is 236 g/mol. The van der Waals surface area contributed by atoms with Gasteiger partial charge in [0, 0.05) is 18.6 Å². The molecular weight excluding hydrogens is 216 g/mol. The van der Waals surface area contributed by atoms with Gasteiger partial charge in [-0.25, -0.2) is 4.79 Å². The summed E-state index contributed by atoms with van der Waals surface area (Å²) in [6.45, 7) is 5.90. The smallest absolute Gasteiger partial charge is 0.333 e. The Morgan fingerprint density at radius 1 is 1.35 bits per heavy atom. The van der Waals surface area contributed by atoms with Crippen molar-refractivity contribution >= 4 is 5.97 Å². The Bertz CT molecular complexity index is 329. The lowest BCUT2D eigenvalue weighted by Gasteiger charge is -2.02. The van der Waals surface area contributed by atoms with Gasteiger partial charge < -0.3 is 9.84 Å². The summed E-state index contributed by atoms with van der Waals surface area (Å²) in [5.41, 5.74) is 1.55. The van der Waals surface area contributed by atoms with Gasteiger partial charge in [0.05, 0.1) is 7.11 Å². The molecule has 0 aliphatic rings. The largest absolute Gasteiger partial charge is 0.466 e. The Morgan fingerprint density at radius 3 is 2.29 bits per heavy atom. The number of aliphatic hydroxyl groups is 1. The average molecular weight is 236 g/mol. The van der Waals surface area contributed by atoms with Crippen molar-refractivity contribution < 1.29 is 14.6 Å². The summed E-state index contributed by atoms with van der Waals surface area (Å²) in [4.78, 5) is 11.0. The second-order valence-corrected chi connectivity index (χ2v) is 3.48. The third-order valence-corrected chi connectivity index (χ3v) is 1.96. The van der Waals surface area contributed by atoms with Crippen LogP contribution in [0.3, 0.4) is 0 Å². The molecule has 0 fully saturated rings. The van der Waals surface area contributed by atoms with Gasteiger partial charge in [-0.2, -0.15) is 0 Å². The van der Waals surface area contributed by atoms with Gasteiger partial charge in [0.15, 0.2) is 0 Å². The van der Waals surface area contributed by atoms with E-state index >= 15 is 0 Å². The van der Waals surface area contributed by atoms with Crippen molar-refractivity contribution in [3.05, 3.63) is 48.0 Å². The quantitative estimate of drug-likeness (QED) is 0.644. The molecule has 0 atom stereocenters. The van der Waals surface area contributed by atoms with Gasteiger partial charge in [0.25, 0.3) is 0 Å². The van der Waals surface area contributed by atoms with Crippen LogP contribution in [-0.4, -0.2) is 24.8 Å². The number of carbonyl (C=O) groups is 1. The van der Waals surface area contributed by atoms with E-state index in [2.05, 4.69) is 11.3 Å². The highest BCUT2D eigenvalue weighted by Gasteiger charge is 2.06. The molecule has 0 bridgehead atoms. The Labute approximate surface area is 103 Å². The van der Waals surface area contributed by atoms with Gasteiger partial charge in [-0.05, 0) is 12.0 Å². The van der Waals surface area contributed by atoms with E-state index in [1.54, 1.807) is 0 Å². The van der Waals surface area contributed by atoms with Crippen LogP contribution in [0.1, 0.15) is 18.9 Å². The third-order valence-electron chi connectivity index (χ3n) is 1.96. The van der Waals surface area contributed by atoms with Crippen LogP contribution in [0.25, 0.3) is 0 Å². The lowest BCUT2D eigenvalue weighted by Crippen LogP contribution is -2.05. The highest BCUT2D eigenvalue weighted by atomic mass is 16.5. The zero-order valence-corrected chi connectivity index (χ0v) is 10.5. The number of methoxy groups -OCH3 is 1. The van der Waals surface area contributed by atoms with Gasteiger partial charge in [0.2, 0.25) is 0 Å². The van der Waals surface area contributed by atoms with Crippen molar-refractivity contribution in [2.45, 2.75) is 19.8 Å². The minimum Gasteiger partial charge on any atom is -0.466 e. The molecule has 0 saturated heterocycles. The first-order chi connectivity index (χ1) is 8.15. The molecule has 0 spiro atoms. The second-order valence-electron chi connectivity index (χ2n) is 3.48. The molecule has 0 unspecified atom stereocenters. The molecule has 0 heterocycles. The van der Waals surface area contributed by atoms with Gasteiger partial charge in [-0.1, -0.05) is 43.8 Å². The number of ether oxygens (including phenoxy) is 1. The third kappa shape index (κ3) is 7.30. The molecule has 1 aromatic carbocycles. The average Bonchev–Trinajstić information content (AvgIpc) is 2.39. The predicted octanol–water partition coefficient (Wildman–Crippen LogP) is 2.35. The molecule has 0 saturated carbocycles. The van der Waals surface area contributed by atoms with E-state index in [0.717, 1.165) is 12.0 Å². The van der Waals surface area contributed by atoms with Crippen LogP contribution in [0.2, 0.25) is 0 Å². The molecule has 94 valence electrons. The van der Waals surface area contributed by atoms with Crippen LogP contribution in [-0.2, 0) is 16.0 Å². The number of hydrogen-bond acceptors (Lipinski definition) is 3.